The van der Waals surface area contributed by atoms with Gasteiger partial charge >= 0.3 is 0 Å². The number of benzene rings is 2. The molecule has 1 saturated heterocycles. The van der Waals surface area contributed by atoms with Crippen LogP contribution in [0.2, 0.25) is 0 Å². The van der Waals surface area contributed by atoms with Gasteiger partial charge in [-0.15, -0.1) is 0 Å². The molecule has 1 atom stereocenters. The molecule has 0 bridgehead atoms. The van der Waals surface area contributed by atoms with E-state index in [-0.39, 0.29) is 5.75 Å². The second-order valence-electron chi connectivity index (χ2n) is 8.15. The predicted octanol–water partition coefficient (Wildman–Crippen LogP) is 3.19. The largest absolute Gasteiger partial charge is 0.381 e. The number of anilines is 1. The van der Waals surface area contributed by atoms with Gasteiger partial charge in [0.05, 0.1) is 17.5 Å². The molecule has 0 amide bonds. The summed E-state index contributed by atoms with van der Waals surface area (Å²) in [4.78, 5) is 2.45. The molecule has 2 heterocycles. The first kappa shape index (κ1) is 19.9. The molecule has 3 aromatic rings. The topological polar surface area (TPSA) is 67.2 Å². The predicted molar refractivity (Wildman–Crippen MR) is 118 cm³/mol. The molecule has 0 saturated carbocycles. The van der Waals surface area contributed by atoms with Gasteiger partial charge in [0.25, 0.3) is 0 Å². The number of aromatic nitrogens is 2. The summed E-state index contributed by atoms with van der Waals surface area (Å²) in [6, 6.07) is 14.7. The first-order valence-corrected chi connectivity index (χ1v) is 12.1. The summed E-state index contributed by atoms with van der Waals surface area (Å²) >= 11 is 0. The van der Waals surface area contributed by atoms with Crippen molar-refractivity contribution in [3.8, 4) is 0 Å². The van der Waals surface area contributed by atoms with Crippen LogP contribution >= 0.6 is 0 Å². The Labute approximate surface area is 172 Å². The van der Waals surface area contributed by atoms with Crippen LogP contribution in [-0.4, -0.2) is 48.5 Å². The summed E-state index contributed by atoms with van der Waals surface area (Å²) in [7, 11) is -1.06. The van der Waals surface area contributed by atoms with Gasteiger partial charge in [0.15, 0.2) is 9.84 Å². The fourth-order valence-electron chi connectivity index (χ4n) is 4.18. The van der Waals surface area contributed by atoms with Crippen molar-refractivity contribution >= 4 is 26.4 Å². The molecule has 1 aromatic heterocycles. The maximum Gasteiger partial charge on any atom is 0.151 e. The van der Waals surface area contributed by atoms with E-state index in [1.165, 1.54) is 11.8 Å². The zero-order valence-electron chi connectivity index (χ0n) is 17.0. The molecule has 154 valence electrons. The number of nitrogens with zero attached hydrogens (tertiary/aromatic N) is 3. The highest BCUT2D eigenvalue weighted by atomic mass is 32.2. The van der Waals surface area contributed by atoms with Gasteiger partial charge in [0.2, 0.25) is 0 Å². The van der Waals surface area contributed by atoms with Crippen LogP contribution in [0.5, 0.6) is 0 Å². The second-order valence-corrected chi connectivity index (χ2v) is 10.3. The first-order valence-electron chi connectivity index (χ1n) is 10.0. The molecule has 29 heavy (non-hydrogen) atoms. The van der Waals surface area contributed by atoms with E-state index in [9.17, 15) is 8.42 Å². The number of sulfone groups is 1. The molecule has 0 radical (unpaired) electrons. The molecule has 1 aliphatic rings. The quantitative estimate of drug-likeness (QED) is 0.673. The number of aryl methyl sites for hydroxylation is 1. The van der Waals surface area contributed by atoms with Crippen LogP contribution in [0.25, 0.3) is 10.9 Å². The summed E-state index contributed by atoms with van der Waals surface area (Å²) in [5.74, 6) is 0.0990. The third-order valence-electron chi connectivity index (χ3n) is 5.45. The van der Waals surface area contributed by atoms with E-state index < -0.39 is 9.84 Å². The maximum absolute atomic E-state index is 11.6. The Bertz CT molecular complexity index is 1110. The lowest BCUT2D eigenvalue weighted by atomic mass is 10.0. The Morgan fingerprint density at radius 3 is 2.83 bits per heavy atom. The highest BCUT2D eigenvalue weighted by molar-refractivity contribution is 7.89. The van der Waals surface area contributed by atoms with E-state index in [2.05, 4.69) is 39.6 Å². The molecule has 2 aromatic carbocycles. The Hall–Kier alpha value is -2.38. The van der Waals surface area contributed by atoms with Gasteiger partial charge in [-0.25, -0.2) is 8.42 Å². The smallest absolute Gasteiger partial charge is 0.151 e. The number of piperidine rings is 1. The van der Waals surface area contributed by atoms with Crippen molar-refractivity contribution in [3.63, 3.8) is 0 Å². The molecule has 1 aliphatic heterocycles. The van der Waals surface area contributed by atoms with Crippen molar-refractivity contribution in [1.82, 2.24) is 14.7 Å². The third kappa shape index (κ3) is 5.16. The minimum atomic E-state index is -3.01. The van der Waals surface area contributed by atoms with Crippen LogP contribution < -0.4 is 5.32 Å². The van der Waals surface area contributed by atoms with E-state index in [0.29, 0.717) is 6.04 Å². The third-order valence-corrected chi connectivity index (χ3v) is 6.31. The highest BCUT2D eigenvalue weighted by Crippen LogP contribution is 2.22. The van der Waals surface area contributed by atoms with Crippen molar-refractivity contribution < 1.29 is 8.42 Å². The zero-order valence-corrected chi connectivity index (χ0v) is 17.8. The van der Waals surface area contributed by atoms with Gasteiger partial charge in [-0.1, -0.05) is 24.3 Å². The molecule has 0 spiro atoms. The average molecular weight is 413 g/mol. The Balaban J connectivity index is 1.39. The molecule has 1 N–H and O–H groups in total. The van der Waals surface area contributed by atoms with E-state index >= 15 is 0 Å². The number of nitrogens with one attached hydrogen (secondary N) is 1. The van der Waals surface area contributed by atoms with Crippen molar-refractivity contribution in [2.75, 3.05) is 24.7 Å². The van der Waals surface area contributed by atoms with E-state index in [1.807, 2.05) is 36.1 Å². The lowest BCUT2D eigenvalue weighted by Gasteiger charge is -2.33. The first-order chi connectivity index (χ1) is 13.9. The lowest BCUT2D eigenvalue weighted by Crippen LogP contribution is -2.41. The molecule has 0 aliphatic carbocycles. The Kier molecular flexibility index (Phi) is 5.61. The molecule has 6 nitrogen and oxygen atoms in total. The van der Waals surface area contributed by atoms with Crippen LogP contribution in [0.15, 0.2) is 48.7 Å². The van der Waals surface area contributed by atoms with Crippen molar-refractivity contribution in [1.29, 1.82) is 0 Å². The molecule has 1 fully saturated rings. The average Bonchev–Trinajstić information content (AvgIpc) is 3.01. The van der Waals surface area contributed by atoms with E-state index in [4.69, 9.17) is 0 Å². The van der Waals surface area contributed by atoms with Crippen LogP contribution in [0.3, 0.4) is 0 Å². The van der Waals surface area contributed by atoms with Gasteiger partial charge in [-0.3, -0.25) is 9.58 Å². The van der Waals surface area contributed by atoms with Gasteiger partial charge in [-0.2, -0.15) is 5.10 Å². The number of rotatable bonds is 6. The summed E-state index contributed by atoms with van der Waals surface area (Å²) in [5.41, 5.74) is 4.30. The molecular formula is C22H28N4O2S. The number of hydrogen-bond donors (Lipinski definition) is 1. The van der Waals surface area contributed by atoms with Crippen LogP contribution in [0, 0.1) is 0 Å². The second kappa shape index (κ2) is 8.16. The summed E-state index contributed by atoms with van der Waals surface area (Å²) in [5, 5.41) is 9.14. The maximum atomic E-state index is 11.6. The summed E-state index contributed by atoms with van der Waals surface area (Å²) in [6.07, 6.45) is 5.48. The highest BCUT2D eigenvalue weighted by Gasteiger charge is 2.20. The Morgan fingerprint density at radius 1 is 1.17 bits per heavy atom. The molecular weight excluding hydrogens is 384 g/mol. The number of fused-ring (bicyclic) bond motifs is 1. The van der Waals surface area contributed by atoms with Crippen LogP contribution in [-0.2, 0) is 29.2 Å². The van der Waals surface area contributed by atoms with Crippen molar-refractivity contribution in [2.45, 2.75) is 31.2 Å². The van der Waals surface area contributed by atoms with Crippen LogP contribution in [0.4, 0.5) is 5.69 Å². The van der Waals surface area contributed by atoms with E-state index in [1.54, 1.807) is 0 Å². The van der Waals surface area contributed by atoms with E-state index in [0.717, 1.165) is 54.6 Å². The zero-order chi connectivity index (χ0) is 20.4. The normalized spacial score (nSPS) is 18.2. The minimum absolute atomic E-state index is 0.0990. The van der Waals surface area contributed by atoms with Gasteiger partial charge < -0.3 is 5.32 Å². The monoisotopic (exact) mass is 412 g/mol. The fraction of sp³-hybridized carbons (Fsp3) is 0.409. The van der Waals surface area contributed by atoms with Crippen molar-refractivity contribution in [2.24, 2.45) is 7.05 Å². The molecule has 4 rings (SSSR count). The number of hydrogen-bond acceptors (Lipinski definition) is 5. The van der Waals surface area contributed by atoms with Crippen LogP contribution in [0.1, 0.15) is 24.0 Å². The standard InChI is InChI=1S/C22H28N4O2S/c1-25-22-9-8-20(12-19(22)13-23-25)24-21-7-4-10-26(15-21)14-17-5-3-6-18(11-17)16-29(2,27)28/h3,5-6,8-9,11-13,21,24H,4,7,10,14-16H2,1-2H3. The molecule has 7 heteroatoms. The Morgan fingerprint density at radius 2 is 2.00 bits per heavy atom. The minimum Gasteiger partial charge on any atom is -0.381 e. The summed E-state index contributed by atoms with van der Waals surface area (Å²) < 4.78 is 25.0. The fourth-order valence-corrected chi connectivity index (χ4v) is 4.97. The summed E-state index contributed by atoms with van der Waals surface area (Å²) in [6.45, 7) is 2.88. The van der Waals surface area contributed by atoms with Gasteiger partial charge in [-0.05, 0) is 48.7 Å². The molecule has 1 unspecified atom stereocenters. The van der Waals surface area contributed by atoms with Crippen molar-refractivity contribution in [3.05, 3.63) is 59.8 Å². The number of likely N-dealkylation sites (tertiary alicyclic amines) is 1. The SMILES string of the molecule is Cn1ncc2cc(NC3CCCN(Cc4cccc(CS(C)(=O)=O)c4)C3)ccc21. The lowest BCUT2D eigenvalue weighted by molar-refractivity contribution is 0.208. The van der Waals surface area contributed by atoms with Gasteiger partial charge in [0.1, 0.15) is 0 Å². The van der Waals surface area contributed by atoms with Gasteiger partial charge in [0, 0.05) is 43.5 Å².